The van der Waals surface area contributed by atoms with Gasteiger partial charge in [0.25, 0.3) is 0 Å². The van der Waals surface area contributed by atoms with E-state index in [2.05, 4.69) is 22.5 Å². The summed E-state index contributed by atoms with van der Waals surface area (Å²) >= 11 is 0. The Labute approximate surface area is 131 Å². The zero-order chi connectivity index (χ0) is 16.0. The SMILES string of the molecule is CCC1(CNC(=NC)NCc2ccc(C#N)cc2F)CCC1. The van der Waals surface area contributed by atoms with Gasteiger partial charge < -0.3 is 10.6 Å². The average Bonchev–Trinajstić information content (AvgIpc) is 2.50. The second-order valence-electron chi connectivity index (χ2n) is 5.90. The Kier molecular flexibility index (Phi) is 5.37. The fourth-order valence-electron chi connectivity index (χ4n) is 2.76. The van der Waals surface area contributed by atoms with E-state index in [1.54, 1.807) is 19.2 Å². The molecule has 0 amide bonds. The summed E-state index contributed by atoms with van der Waals surface area (Å²) in [4.78, 5) is 4.18. The van der Waals surface area contributed by atoms with Gasteiger partial charge in [-0.2, -0.15) is 5.26 Å². The van der Waals surface area contributed by atoms with Crippen LogP contribution in [0, 0.1) is 22.6 Å². The highest BCUT2D eigenvalue weighted by molar-refractivity contribution is 5.79. The van der Waals surface area contributed by atoms with E-state index in [1.807, 2.05) is 6.07 Å². The number of benzene rings is 1. The van der Waals surface area contributed by atoms with Crippen molar-refractivity contribution < 1.29 is 4.39 Å². The summed E-state index contributed by atoms with van der Waals surface area (Å²) in [5.41, 5.74) is 1.26. The molecule has 0 atom stereocenters. The third-order valence-corrected chi connectivity index (χ3v) is 4.65. The molecular weight excluding hydrogens is 279 g/mol. The maximum Gasteiger partial charge on any atom is 0.191 e. The molecule has 22 heavy (non-hydrogen) atoms. The number of halogens is 1. The number of hydrogen-bond donors (Lipinski definition) is 2. The maximum atomic E-state index is 13.8. The van der Waals surface area contributed by atoms with Crippen molar-refractivity contribution in [3.8, 4) is 6.07 Å². The molecule has 4 nitrogen and oxygen atoms in total. The topological polar surface area (TPSA) is 60.2 Å². The van der Waals surface area contributed by atoms with Gasteiger partial charge in [-0.3, -0.25) is 4.99 Å². The van der Waals surface area contributed by atoms with Crippen LogP contribution in [0.15, 0.2) is 23.2 Å². The van der Waals surface area contributed by atoms with Gasteiger partial charge in [0.15, 0.2) is 5.96 Å². The van der Waals surface area contributed by atoms with Crippen LogP contribution < -0.4 is 10.6 Å². The van der Waals surface area contributed by atoms with Crippen molar-refractivity contribution in [3.05, 3.63) is 35.1 Å². The van der Waals surface area contributed by atoms with Gasteiger partial charge in [-0.15, -0.1) is 0 Å². The molecule has 0 aromatic heterocycles. The fraction of sp³-hybridized carbons (Fsp3) is 0.529. The van der Waals surface area contributed by atoms with E-state index in [9.17, 15) is 4.39 Å². The first-order valence-electron chi connectivity index (χ1n) is 7.75. The Morgan fingerprint density at radius 2 is 2.18 bits per heavy atom. The first kappa shape index (κ1) is 16.3. The third-order valence-electron chi connectivity index (χ3n) is 4.65. The monoisotopic (exact) mass is 302 g/mol. The Morgan fingerprint density at radius 3 is 2.68 bits per heavy atom. The average molecular weight is 302 g/mol. The number of rotatable bonds is 5. The summed E-state index contributed by atoms with van der Waals surface area (Å²) in [5.74, 6) is 0.314. The van der Waals surface area contributed by atoms with Crippen molar-refractivity contribution in [1.82, 2.24) is 10.6 Å². The van der Waals surface area contributed by atoms with E-state index in [0.29, 0.717) is 29.0 Å². The Hall–Kier alpha value is -2.09. The van der Waals surface area contributed by atoms with E-state index in [4.69, 9.17) is 5.26 Å². The molecule has 118 valence electrons. The largest absolute Gasteiger partial charge is 0.356 e. The lowest BCUT2D eigenvalue weighted by atomic mass is 9.67. The van der Waals surface area contributed by atoms with Crippen molar-refractivity contribution in [2.45, 2.75) is 39.2 Å². The van der Waals surface area contributed by atoms with Crippen LogP contribution in [0.25, 0.3) is 0 Å². The normalized spacial score (nSPS) is 16.5. The fourth-order valence-corrected chi connectivity index (χ4v) is 2.76. The second-order valence-corrected chi connectivity index (χ2v) is 5.90. The molecule has 1 aromatic rings. The molecule has 1 aliphatic rings. The summed E-state index contributed by atoms with van der Waals surface area (Å²) in [6.07, 6.45) is 4.99. The first-order valence-corrected chi connectivity index (χ1v) is 7.75. The van der Waals surface area contributed by atoms with Crippen molar-refractivity contribution in [2.75, 3.05) is 13.6 Å². The van der Waals surface area contributed by atoms with Crippen LogP contribution in [0.3, 0.4) is 0 Å². The number of nitrogens with zero attached hydrogens (tertiary/aromatic N) is 2. The Bertz CT molecular complexity index is 579. The smallest absolute Gasteiger partial charge is 0.191 e. The maximum absolute atomic E-state index is 13.8. The molecule has 0 saturated heterocycles. The van der Waals surface area contributed by atoms with E-state index < -0.39 is 0 Å². The molecule has 2 rings (SSSR count). The minimum Gasteiger partial charge on any atom is -0.356 e. The zero-order valence-corrected chi connectivity index (χ0v) is 13.2. The van der Waals surface area contributed by atoms with Gasteiger partial charge in [0.2, 0.25) is 0 Å². The predicted octanol–water partition coefficient (Wildman–Crippen LogP) is 2.94. The number of nitriles is 1. The van der Waals surface area contributed by atoms with Gasteiger partial charge >= 0.3 is 0 Å². The summed E-state index contributed by atoms with van der Waals surface area (Å²) < 4.78 is 13.8. The first-order chi connectivity index (χ1) is 10.6. The van der Waals surface area contributed by atoms with Crippen molar-refractivity contribution >= 4 is 5.96 Å². The van der Waals surface area contributed by atoms with Crippen LogP contribution in [0.5, 0.6) is 0 Å². The summed E-state index contributed by atoms with van der Waals surface area (Å²) in [6.45, 7) is 3.47. The molecule has 1 aliphatic carbocycles. The Morgan fingerprint density at radius 1 is 1.41 bits per heavy atom. The lowest BCUT2D eigenvalue weighted by molar-refractivity contribution is 0.131. The van der Waals surface area contributed by atoms with E-state index in [-0.39, 0.29) is 5.82 Å². The molecule has 0 unspecified atom stereocenters. The summed E-state index contributed by atoms with van der Waals surface area (Å²) in [6, 6.07) is 6.44. The van der Waals surface area contributed by atoms with Crippen LogP contribution in [0.1, 0.15) is 43.7 Å². The molecule has 1 saturated carbocycles. The number of nitrogens with one attached hydrogen (secondary N) is 2. The molecule has 0 aliphatic heterocycles. The van der Waals surface area contributed by atoms with Crippen molar-refractivity contribution in [3.63, 3.8) is 0 Å². The van der Waals surface area contributed by atoms with Gasteiger partial charge in [-0.1, -0.05) is 19.4 Å². The molecule has 5 heteroatoms. The highest BCUT2D eigenvalue weighted by Crippen LogP contribution is 2.42. The molecule has 0 spiro atoms. The summed E-state index contributed by atoms with van der Waals surface area (Å²) in [5, 5.41) is 15.2. The molecular formula is C17H23FN4. The quantitative estimate of drug-likeness (QED) is 0.649. The summed E-state index contributed by atoms with van der Waals surface area (Å²) in [7, 11) is 1.71. The van der Waals surface area contributed by atoms with Crippen LogP contribution in [-0.4, -0.2) is 19.6 Å². The second kappa shape index (κ2) is 7.26. The predicted molar refractivity (Wildman–Crippen MR) is 85.9 cm³/mol. The van der Waals surface area contributed by atoms with Crippen molar-refractivity contribution in [2.24, 2.45) is 10.4 Å². The number of hydrogen-bond acceptors (Lipinski definition) is 2. The van der Waals surface area contributed by atoms with Crippen LogP contribution in [-0.2, 0) is 6.54 Å². The van der Waals surface area contributed by atoms with Gasteiger partial charge in [0.1, 0.15) is 5.82 Å². The Balaban J connectivity index is 1.88. The van der Waals surface area contributed by atoms with Crippen molar-refractivity contribution in [1.29, 1.82) is 5.26 Å². The zero-order valence-electron chi connectivity index (χ0n) is 13.2. The minimum atomic E-state index is -0.369. The van der Waals surface area contributed by atoms with Gasteiger partial charge in [0.05, 0.1) is 11.6 Å². The van der Waals surface area contributed by atoms with Crippen LogP contribution in [0.4, 0.5) is 4.39 Å². The highest BCUT2D eigenvalue weighted by Gasteiger charge is 2.34. The number of aliphatic imine (C=N–C) groups is 1. The molecule has 0 radical (unpaired) electrons. The molecule has 0 bridgehead atoms. The van der Waals surface area contributed by atoms with E-state index >= 15 is 0 Å². The third kappa shape index (κ3) is 3.76. The molecule has 1 fully saturated rings. The van der Waals surface area contributed by atoms with E-state index in [0.717, 1.165) is 6.54 Å². The molecule has 2 N–H and O–H groups in total. The van der Waals surface area contributed by atoms with Gasteiger partial charge in [-0.05, 0) is 36.8 Å². The standard InChI is InChI=1S/C17H23FN4/c1-3-17(7-4-8-17)12-22-16(20-2)21-11-14-6-5-13(10-19)9-15(14)18/h5-6,9H,3-4,7-8,11-12H2,1-2H3,(H2,20,21,22). The molecule has 0 heterocycles. The van der Waals surface area contributed by atoms with Crippen LogP contribution in [0.2, 0.25) is 0 Å². The molecule has 1 aromatic carbocycles. The van der Waals surface area contributed by atoms with Gasteiger partial charge in [0, 0.05) is 25.7 Å². The highest BCUT2D eigenvalue weighted by atomic mass is 19.1. The van der Waals surface area contributed by atoms with E-state index in [1.165, 1.54) is 31.7 Å². The van der Waals surface area contributed by atoms with Gasteiger partial charge in [-0.25, -0.2) is 4.39 Å². The van der Waals surface area contributed by atoms with Crippen LogP contribution >= 0.6 is 0 Å². The lowest BCUT2D eigenvalue weighted by Gasteiger charge is -2.41. The number of guanidine groups is 1. The minimum absolute atomic E-state index is 0.332. The lowest BCUT2D eigenvalue weighted by Crippen LogP contribution is -2.46.